The Morgan fingerprint density at radius 3 is 2.94 bits per heavy atom. The van der Waals surface area contributed by atoms with E-state index in [9.17, 15) is 9.18 Å². The Balaban J connectivity index is 1.99. The Morgan fingerprint density at radius 2 is 2.24 bits per heavy atom. The first kappa shape index (κ1) is 12.0. The van der Waals surface area contributed by atoms with Crippen LogP contribution < -0.4 is 10.6 Å². The Hall–Kier alpha value is -1.42. The van der Waals surface area contributed by atoms with Crippen LogP contribution in [-0.4, -0.2) is 18.5 Å². The minimum absolute atomic E-state index is 0.0224. The maximum absolute atomic E-state index is 13.4. The molecule has 0 saturated carbocycles. The molecule has 0 unspecified atom stereocenters. The van der Waals surface area contributed by atoms with Gasteiger partial charge in [0.25, 0.3) is 0 Å². The highest BCUT2D eigenvalue weighted by Crippen LogP contribution is 2.19. The summed E-state index contributed by atoms with van der Waals surface area (Å²) in [7, 11) is 0. The van der Waals surface area contributed by atoms with E-state index in [0.29, 0.717) is 6.04 Å². The molecule has 1 aliphatic heterocycles. The van der Waals surface area contributed by atoms with Crippen LogP contribution in [0.3, 0.4) is 0 Å². The van der Waals surface area contributed by atoms with E-state index < -0.39 is 0 Å². The molecule has 0 bridgehead atoms. The zero-order valence-electron chi connectivity index (χ0n) is 9.87. The second-order valence-electron chi connectivity index (χ2n) is 4.55. The van der Waals surface area contributed by atoms with Crippen molar-refractivity contribution in [3.63, 3.8) is 0 Å². The summed E-state index contributed by atoms with van der Waals surface area (Å²) in [5.74, 6) is -0.489. The fourth-order valence-electron chi connectivity index (χ4n) is 2.17. The zero-order valence-corrected chi connectivity index (χ0v) is 9.87. The number of carbonyl (C=O) groups is 1. The summed E-state index contributed by atoms with van der Waals surface area (Å²) < 4.78 is 13.4. The first-order chi connectivity index (χ1) is 8.16. The van der Waals surface area contributed by atoms with Gasteiger partial charge in [-0.1, -0.05) is 12.1 Å². The van der Waals surface area contributed by atoms with Gasteiger partial charge in [0.2, 0.25) is 5.91 Å². The number of anilines is 1. The average molecular weight is 236 g/mol. The largest absolute Gasteiger partial charge is 0.323 e. The molecule has 92 valence electrons. The van der Waals surface area contributed by atoms with Crippen molar-refractivity contribution in [1.29, 1.82) is 0 Å². The number of hydrogen-bond acceptors (Lipinski definition) is 2. The Bertz CT molecular complexity index is 408. The summed E-state index contributed by atoms with van der Waals surface area (Å²) in [6, 6.07) is 6.60. The third-order valence-electron chi connectivity index (χ3n) is 3.13. The van der Waals surface area contributed by atoms with Gasteiger partial charge in [0.15, 0.2) is 0 Å². The van der Waals surface area contributed by atoms with E-state index in [1.165, 1.54) is 6.07 Å². The van der Waals surface area contributed by atoms with Gasteiger partial charge in [-0.2, -0.15) is 0 Å². The normalized spacial score (nSPS) is 24.4. The van der Waals surface area contributed by atoms with E-state index >= 15 is 0 Å². The van der Waals surface area contributed by atoms with Crippen molar-refractivity contribution in [3.05, 3.63) is 30.1 Å². The summed E-state index contributed by atoms with van der Waals surface area (Å²) >= 11 is 0. The molecule has 1 aromatic rings. The lowest BCUT2D eigenvalue weighted by atomic mass is 9.92. The molecule has 3 nitrogen and oxygen atoms in total. The molecule has 1 saturated heterocycles. The van der Waals surface area contributed by atoms with Crippen LogP contribution in [0.1, 0.15) is 19.8 Å². The molecule has 1 aliphatic rings. The van der Waals surface area contributed by atoms with Crippen LogP contribution in [0.15, 0.2) is 24.3 Å². The SMILES string of the molecule is C[C@H]1C[C@@H](C(=O)Nc2ccccc2F)CCN1. The van der Waals surface area contributed by atoms with Crippen LogP contribution in [0.25, 0.3) is 0 Å². The lowest BCUT2D eigenvalue weighted by molar-refractivity contribution is -0.120. The molecule has 1 aromatic carbocycles. The molecule has 1 amide bonds. The van der Waals surface area contributed by atoms with Gasteiger partial charge in [0.05, 0.1) is 5.69 Å². The van der Waals surface area contributed by atoms with Crippen molar-refractivity contribution in [2.45, 2.75) is 25.8 Å². The summed E-state index contributed by atoms with van der Waals surface area (Å²) in [6.07, 6.45) is 1.62. The van der Waals surface area contributed by atoms with Crippen LogP contribution in [0.2, 0.25) is 0 Å². The molecule has 0 spiro atoms. The van der Waals surface area contributed by atoms with Gasteiger partial charge < -0.3 is 10.6 Å². The van der Waals surface area contributed by atoms with E-state index in [4.69, 9.17) is 0 Å². The number of nitrogens with one attached hydrogen (secondary N) is 2. The fraction of sp³-hybridized carbons (Fsp3) is 0.462. The Kier molecular flexibility index (Phi) is 3.74. The van der Waals surface area contributed by atoms with E-state index in [-0.39, 0.29) is 23.3 Å². The van der Waals surface area contributed by atoms with Gasteiger partial charge in [-0.15, -0.1) is 0 Å². The monoisotopic (exact) mass is 236 g/mol. The average Bonchev–Trinajstić information content (AvgIpc) is 2.32. The van der Waals surface area contributed by atoms with Crippen molar-refractivity contribution in [3.8, 4) is 0 Å². The van der Waals surface area contributed by atoms with Crippen molar-refractivity contribution in [1.82, 2.24) is 5.32 Å². The van der Waals surface area contributed by atoms with Gasteiger partial charge in [-0.3, -0.25) is 4.79 Å². The van der Waals surface area contributed by atoms with Crippen molar-refractivity contribution in [2.75, 3.05) is 11.9 Å². The minimum atomic E-state index is -0.386. The molecule has 1 fully saturated rings. The third-order valence-corrected chi connectivity index (χ3v) is 3.13. The van der Waals surface area contributed by atoms with Crippen LogP contribution >= 0.6 is 0 Å². The number of benzene rings is 1. The quantitative estimate of drug-likeness (QED) is 0.826. The molecule has 2 rings (SSSR count). The zero-order chi connectivity index (χ0) is 12.3. The number of halogens is 1. The van der Waals surface area contributed by atoms with Crippen molar-refractivity contribution >= 4 is 11.6 Å². The predicted octanol–water partition coefficient (Wildman–Crippen LogP) is 2.15. The molecule has 2 atom stereocenters. The van der Waals surface area contributed by atoms with Crippen molar-refractivity contribution in [2.24, 2.45) is 5.92 Å². The summed E-state index contributed by atoms with van der Waals surface area (Å²) in [6.45, 7) is 2.90. The molecule has 4 heteroatoms. The van der Waals surface area contributed by atoms with Crippen LogP contribution in [-0.2, 0) is 4.79 Å². The van der Waals surface area contributed by atoms with Crippen LogP contribution in [0.4, 0.5) is 10.1 Å². The number of rotatable bonds is 2. The summed E-state index contributed by atoms with van der Waals surface area (Å²) in [5, 5.41) is 5.95. The molecule has 0 radical (unpaired) electrons. The van der Waals surface area contributed by atoms with E-state index in [0.717, 1.165) is 19.4 Å². The topological polar surface area (TPSA) is 41.1 Å². The second-order valence-corrected chi connectivity index (χ2v) is 4.55. The second kappa shape index (κ2) is 5.27. The molecular formula is C13H17FN2O. The highest BCUT2D eigenvalue weighted by atomic mass is 19.1. The lowest BCUT2D eigenvalue weighted by Gasteiger charge is -2.27. The van der Waals surface area contributed by atoms with Crippen LogP contribution in [0.5, 0.6) is 0 Å². The minimum Gasteiger partial charge on any atom is -0.323 e. The third kappa shape index (κ3) is 3.03. The first-order valence-corrected chi connectivity index (χ1v) is 5.95. The van der Waals surface area contributed by atoms with E-state index in [1.807, 2.05) is 0 Å². The summed E-state index contributed by atoms with van der Waals surface area (Å²) in [4.78, 5) is 12.0. The van der Waals surface area contributed by atoms with Gasteiger partial charge in [0, 0.05) is 12.0 Å². The van der Waals surface area contributed by atoms with E-state index in [1.54, 1.807) is 18.2 Å². The van der Waals surface area contributed by atoms with Crippen molar-refractivity contribution < 1.29 is 9.18 Å². The maximum atomic E-state index is 13.4. The molecular weight excluding hydrogens is 219 g/mol. The maximum Gasteiger partial charge on any atom is 0.227 e. The smallest absolute Gasteiger partial charge is 0.227 e. The Morgan fingerprint density at radius 1 is 1.47 bits per heavy atom. The molecule has 17 heavy (non-hydrogen) atoms. The number of carbonyl (C=O) groups excluding carboxylic acids is 1. The number of hydrogen-bond donors (Lipinski definition) is 2. The Labute approximate surface area is 100 Å². The molecule has 1 heterocycles. The molecule has 2 N–H and O–H groups in total. The number of para-hydroxylation sites is 1. The predicted molar refractivity (Wildman–Crippen MR) is 65.2 cm³/mol. The first-order valence-electron chi connectivity index (χ1n) is 5.95. The molecule has 0 aliphatic carbocycles. The van der Waals surface area contributed by atoms with Gasteiger partial charge in [-0.25, -0.2) is 4.39 Å². The molecule has 0 aromatic heterocycles. The van der Waals surface area contributed by atoms with Crippen LogP contribution in [0, 0.1) is 11.7 Å². The number of piperidine rings is 1. The van der Waals surface area contributed by atoms with Gasteiger partial charge in [0.1, 0.15) is 5.82 Å². The number of amides is 1. The fourth-order valence-corrected chi connectivity index (χ4v) is 2.17. The van der Waals surface area contributed by atoms with Gasteiger partial charge in [-0.05, 0) is 38.4 Å². The lowest BCUT2D eigenvalue weighted by Crippen LogP contribution is -2.40. The van der Waals surface area contributed by atoms with Gasteiger partial charge >= 0.3 is 0 Å². The highest BCUT2D eigenvalue weighted by Gasteiger charge is 2.25. The standard InChI is InChI=1S/C13H17FN2O/c1-9-8-10(6-7-15-9)13(17)16-12-5-3-2-4-11(12)14/h2-5,9-10,15H,6-8H2,1H3,(H,16,17)/t9-,10-/m0/s1. The summed E-state index contributed by atoms with van der Waals surface area (Å²) in [5.41, 5.74) is 0.267. The highest BCUT2D eigenvalue weighted by molar-refractivity contribution is 5.92. The van der Waals surface area contributed by atoms with E-state index in [2.05, 4.69) is 17.6 Å².